The second kappa shape index (κ2) is 6.60. The van der Waals surface area contributed by atoms with E-state index in [0.717, 1.165) is 6.42 Å². The first-order valence-electron chi connectivity index (χ1n) is 5.17. The number of rotatable bonds is 5. The van der Waals surface area contributed by atoms with Crippen molar-refractivity contribution in [3.63, 3.8) is 0 Å². The summed E-state index contributed by atoms with van der Waals surface area (Å²) in [5.41, 5.74) is 0.526. The number of amides is 1. The third-order valence-electron chi connectivity index (χ3n) is 2.18. The molecule has 1 amide bonds. The first-order valence-corrected chi connectivity index (χ1v) is 5.96. The van der Waals surface area contributed by atoms with E-state index in [1.165, 1.54) is 0 Å². The minimum atomic E-state index is -0.148. The van der Waals surface area contributed by atoms with Crippen molar-refractivity contribution in [2.24, 2.45) is 0 Å². The van der Waals surface area contributed by atoms with E-state index in [1.807, 2.05) is 6.92 Å². The lowest BCUT2D eigenvalue weighted by Gasteiger charge is -2.13. The van der Waals surface area contributed by atoms with Crippen molar-refractivity contribution in [2.45, 2.75) is 25.8 Å². The number of hydrogen-bond acceptors (Lipinski definition) is 3. The van der Waals surface area contributed by atoms with Gasteiger partial charge in [-0.15, -0.1) is 0 Å². The molecule has 88 valence electrons. The van der Waals surface area contributed by atoms with Crippen molar-refractivity contribution in [1.29, 1.82) is 0 Å². The number of pyridine rings is 1. The Morgan fingerprint density at radius 1 is 1.69 bits per heavy atom. The highest BCUT2D eigenvalue weighted by molar-refractivity contribution is 9.10. The lowest BCUT2D eigenvalue weighted by Crippen LogP contribution is -2.32. The largest absolute Gasteiger partial charge is 0.396 e. The average molecular weight is 287 g/mol. The van der Waals surface area contributed by atoms with Gasteiger partial charge in [-0.05, 0) is 47.8 Å². The SMILES string of the molecule is CC(CCCO)NC(=O)c1cccnc1Br. The minimum absolute atomic E-state index is 0.0479. The number of halogens is 1. The van der Waals surface area contributed by atoms with E-state index in [0.29, 0.717) is 16.6 Å². The molecule has 0 aromatic carbocycles. The summed E-state index contributed by atoms with van der Waals surface area (Å²) < 4.78 is 0.543. The molecule has 1 aromatic heterocycles. The number of aliphatic hydroxyl groups excluding tert-OH is 1. The van der Waals surface area contributed by atoms with Crippen molar-refractivity contribution in [1.82, 2.24) is 10.3 Å². The molecule has 1 atom stereocenters. The molecule has 0 spiro atoms. The van der Waals surface area contributed by atoms with E-state index in [-0.39, 0.29) is 18.6 Å². The number of nitrogens with one attached hydrogen (secondary N) is 1. The Labute approximate surface area is 103 Å². The summed E-state index contributed by atoms with van der Waals surface area (Å²) in [5, 5.41) is 11.5. The fraction of sp³-hybridized carbons (Fsp3) is 0.455. The van der Waals surface area contributed by atoms with Crippen molar-refractivity contribution >= 4 is 21.8 Å². The number of aromatic nitrogens is 1. The van der Waals surface area contributed by atoms with E-state index < -0.39 is 0 Å². The predicted molar refractivity (Wildman–Crippen MR) is 65.2 cm³/mol. The molecule has 0 saturated heterocycles. The number of nitrogens with zero attached hydrogens (tertiary/aromatic N) is 1. The molecule has 0 fully saturated rings. The molecule has 0 aliphatic carbocycles. The molecule has 1 unspecified atom stereocenters. The van der Waals surface area contributed by atoms with Crippen LogP contribution >= 0.6 is 15.9 Å². The van der Waals surface area contributed by atoms with Gasteiger partial charge >= 0.3 is 0 Å². The molecule has 0 saturated carbocycles. The summed E-state index contributed by atoms with van der Waals surface area (Å²) in [5.74, 6) is -0.148. The molecule has 0 aliphatic heterocycles. The fourth-order valence-electron chi connectivity index (χ4n) is 1.33. The molecule has 16 heavy (non-hydrogen) atoms. The molecule has 1 aromatic rings. The Morgan fingerprint density at radius 3 is 3.06 bits per heavy atom. The van der Waals surface area contributed by atoms with Crippen molar-refractivity contribution in [2.75, 3.05) is 6.61 Å². The molecule has 0 bridgehead atoms. The minimum Gasteiger partial charge on any atom is -0.396 e. The van der Waals surface area contributed by atoms with Gasteiger partial charge in [0, 0.05) is 18.8 Å². The van der Waals surface area contributed by atoms with Crippen molar-refractivity contribution in [3.05, 3.63) is 28.5 Å². The summed E-state index contributed by atoms with van der Waals surface area (Å²) >= 11 is 3.23. The Hall–Kier alpha value is -0.940. The third kappa shape index (κ3) is 3.90. The Morgan fingerprint density at radius 2 is 2.44 bits per heavy atom. The first kappa shape index (κ1) is 13.1. The molecule has 2 N–H and O–H groups in total. The second-order valence-corrected chi connectivity index (χ2v) is 4.33. The summed E-state index contributed by atoms with van der Waals surface area (Å²) in [6.07, 6.45) is 3.08. The summed E-state index contributed by atoms with van der Waals surface area (Å²) in [7, 11) is 0. The third-order valence-corrected chi connectivity index (χ3v) is 2.81. The molecule has 5 heteroatoms. The van der Waals surface area contributed by atoms with Crippen LogP contribution in [0.5, 0.6) is 0 Å². The van der Waals surface area contributed by atoms with E-state index in [2.05, 4.69) is 26.2 Å². The Bertz CT molecular complexity index is 358. The zero-order valence-electron chi connectivity index (χ0n) is 9.11. The lowest BCUT2D eigenvalue weighted by molar-refractivity contribution is 0.0935. The Kier molecular flexibility index (Phi) is 5.42. The van der Waals surface area contributed by atoms with Gasteiger partial charge in [-0.3, -0.25) is 4.79 Å². The molecule has 0 aliphatic rings. The molecule has 0 radical (unpaired) electrons. The van der Waals surface area contributed by atoms with E-state index in [9.17, 15) is 4.79 Å². The number of carbonyl (C=O) groups excluding carboxylic acids is 1. The van der Waals surface area contributed by atoms with Crippen molar-refractivity contribution in [3.8, 4) is 0 Å². The standard InChI is InChI=1S/C11H15BrN2O2/c1-8(4-3-7-15)14-11(16)9-5-2-6-13-10(9)12/h2,5-6,8,15H,3-4,7H2,1H3,(H,14,16). The van der Waals surface area contributed by atoms with Crippen LogP contribution in [0.3, 0.4) is 0 Å². The summed E-state index contributed by atoms with van der Waals surface area (Å²) in [4.78, 5) is 15.8. The monoisotopic (exact) mass is 286 g/mol. The van der Waals surface area contributed by atoms with Crippen molar-refractivity contribution < 1.29 is 9.90 Å². The molecular formula is C11H15BrN2O2. The fourth-order valence-corrected chi connectivity index (χ4v) is 1.76. The van der Waals surface area contributed by atoms with Crippen LogP contribution in [0.1, 0.15) is 30.1 Å². The van der Waals surface area contributed by atoms with Crippen LogP contribution in [0.25, 0.3) is 0 Å². The van der Waals surface area contributed by atoms with Crippen LogP contribution < -0.4 is 5.32 Å². The van der Waals surface area contributed by atoms with Crippen LogP contribution in [0.15, 0.2) is 22.9 Å². The van der Waals surface area contributed by atoms with Crippen LogP contribution in [0, 0.1) is 0 Å². The van der Waals surface area contributed by atoms with Crippen LogP contribution in [0.2, 0.25) is 0 Å². The van der Waals surface area contributed by atoms with Gasteiger partial charge in [0.05, 0.1) is 5.56 Å². The van der Waals surface area contributed by atoms with Gasteiger partial charge in [0.2, 0.25) is 0 Å². The molecule has 4 nitrogen and oxygen atoms in total. The Balaban J connectivity index is 2.56. The smallest absolute Gasteiger partial charge is 0.254 e. The average Bonchev–Trinajstić information content (AvgIpc) is 2.26. The van der Waals surface area contributed by atoms with Gasteiger partial charge < -0.3 is 10.4 Å². The lowest BCUT2D eigenvalue weighted by atomic mass is 10.1. The summed E-state index contributed by atoms with van der Waals surface area (Å²) in [6, 6.07) is 3.48. The van der Waals surface area contributed by atoms with E-state index in [1.54, 1.807) is 18.3 Å². The van der Waals surface area contributed by atoms with Gasteiger partial charge in [0.1, 0.15) is 4.60 Å². The van der Waals surface area contributed by atoms with Crippen LogP contribution in [-0.4, -0.2) is 28.6 Å². The number of hydrogen-bond donors (Lipinski definition) is 2. The molecule has 1 rings (SSSR count). The first-order chi connectivity index (χ1) is 7.65. The maximum absolute atomic E-state index is 11.8. The zero-order chi connectivity index (χ0) is 12.0. The van der Waals surface area contributed by atoms with E-state index >= 15 is 0 Å². The van der Waals surface area contributed by atoms with Crippen LogP contribution in [-0.2, 0) is 0 Å². The maximum atomic E-state index is 11.8. The van der Waals surface area contributed by atoms with Gasteiger partial charge in [-0.1, -0.05) is 0 Å². The second-order valence-electron chi connectivity index (χ2n) is 3.58. The number of carbonyl (C=O) groups is 1. The van der Waals surface area contributed by atoms with Gasteiger partial charge in [0.15, 0.2) is 0 Å². The number of aliphatic hydroxyl groups is 1. The quantitative estimate of drug-likeness (QED) is 0.811. The predicted octanol–water partition coefficient (Wildman–Crippen LogP) is 1.73. The summed E-state index contributed by atoms with van der Waals surface area (Å²) in [6.45, 7) is 2.06. The maximum Gasteiger partial charge on any atom is 0.254 e. The van der Waals surface area contributed by atoms with Gasteiger partial charge in [-0.25, -0.2) is 4.98 Å². The van der Waals surface area contributed by atoms with E-state index in [4.69, 9.17) is 5.11 Å². The van der Waals surface area contributed by atoms with Gasteiger partial charge in [-0.2, -0.15) is 0 Å². The van der Waals surface area contributed by atoms with Gasteiger partial charge in [0.25, 0.3) is 5.91 Å². The normalized spacial score (nSPS) is 12.2. The molecule has 1 heterocycles. The topological polar surface area (TPSA) is 62.2 Å². The highest BCUT2D eigenvalue weighted by Gasteiger charge is 2.12. The van der Waals surface area contributed by atoms with Crippen LogP contribution in [0.4, 0.5) is 0 Å². The molecular weight excluding hydrogens is 272 g/mol. The highest BCUT2D eigenvalue weighted by Crippen LogP contribution is 2.12. The zero-order valence-corrected chi connectivity index (χ0v) is 10.7. The highest BCUT2D eigenvalue weighted by atomic mass is 79.9.